The number of carbonyl (C=O) groups excluding carboxylic acids is 2. The van der Waals surface area contributed by atoms with Crippen molar-refractivity contribution in [1.29, 1.82) is 0 Å². The number of amides is 1. The number of aliphatic hydroxyl groups excluding tert-OH is 2. The molecule has 2 aromatic rings. The van der Waals surface area contributed by atoms with Gasteiger partial charge in [-0.2, -0.15) is 0 Å². The van der Waals surface area contributed by atoms with Gasteiger partial charge < -0.3 is 34.5 Å². The summed E-state index contributed by atoms with van der Waals surface area (Å²) >= 11 is 0. The normalized spacial score (nSPS) is 23.9. The van der Waals surface area contributed by atoms with Crippen LogP contribution in [-0.4, -0.2) is 65.9 Å². The second-order valence-corrected chi connectivity index (χ2v) is 8.18. The molecule has 0 bridgehead atoms. The first kappa shape index (κ1) is 26.5. The Labute approximate surface area is 204 Å². The summed E-state index contributed by atoms with van der Waals surface area (Å²) in [6.45, 7) is 4.51. The Morgan fingerprint density at radius 2 is 1.60 bits per heavy atom. The van der Waals surface area contributed by atoms with E-state index in [0.717, 1.165) is 11.1 Å². The summed E-state index contributed by atoms with van der Waals surface area (Å²) < 4.78 is 22.7. The minimum absolute atomic E-state index is 0.0310. The molecule has 1 aliphatic rings. The van der Waals surface area contributed by atoms with E-state index in [2.05, 4.69) is 11.9 Å². The van der Waals surface area contributed by atoms with Crippen LogP contribution in [0.5, 0.6) is 0 Å². The Hall–Kier alpha value is -3.08. The third-order valence-electron chi connectivity index (χ3n) is 5.43. The molecule has 3 rings (SSSR count). The summed E-state index contributed by atoms with van der Waals surface area (Å²) in [6, 6.07) is 17.6. The molecule has 0 saturated carbocycles. The smallest absolute Gasteiger partial charge is 0.336 e. The lowest BCUT2D eigenvalue weighted by molar-refractivity contribution is -0.279. The van der Waals surface area contributed by atoms with Crippen LogP contribution in [0.25, 0.3) is 0 Å². The van der Waals surface area contributed by atoms with Gasteiger partial charge in [-0.05, 0) is 11.1 Å². The van der Waals surface area contributed by atoms with E-state index in [4.69, 9.17) is 18.9 Å². The molecule has 0 aliphatic carbocycles. The van der Waals surface area contributed by atoms with Crippen LogP contribution in [0.15, 0.2) is 72.8 Å². The highest BCUT2D eigenvalue weighted by Gasteiger charge is 2.47. The minimum Gasteiger partial charge on any atom is -0.457 e. The number of ether oxygens (including phenoxy) is 4. The van der Waals surface area contributed by atoms with Gasteiger partial charge in [-0.3, -0.25) is 4.79 Å². The van der Waals surface area contributed by atoms with Crippen molar-refractivity contribution in [2.75, 3.05) is 13.2 Å². The van der Waals surface area contributed by atoms with Gasteiger partial charge in [0.15, 0.2) is 6.29 Å². The van der Waals surface area contributed by atoms with Crippen molar-refractivity contribution < 1.29 is 38.7 Å². The van der Waals surface area contributed by atoms with Crippen LogP contribution in [0, 0.1) is 0 Å². The first-order chi connectivity index (χ1) is 16.9. The molecule has 9 nitrogen and oxygen atoms in total. The Bertz CT molecular complexity index is 968. The lowest BCUT2D eigenvalue weighted by Crippen LogP contribution is -2.65. The summed E-state index contributed by atoms with van der Waals surface area (Å²) in [5.74, 6) is -1.04. The highest BCUT2D eigenvalue weighted by Crippen LogP contribution is 2.26. The fraction of sp³-hybridized carbons (Fsp3) is 0.385. The Morgan fingerprint density at radius 3 is 2.17 bits per heavy atom. The van der Waals surface area contributed by atoms with E-state index in [1.165, 1.54) is 6.92 Å². The van der Waals surface area contributed by atoms with Gasteiger partial charge >= 0.3 is 5.97 Å². The van der Waals surface area contributed by atoms with Crippen molar-refractivity contribution in [3.05, 3.63) is 83.9 Å². The molecule has 1 saturated heterocycles. The quantitative estimate of drug-likeness (QED) is 0.323. The lowest BCUT2D eigenvalue weighted by Gasteiger charge is -2.44. The average molecular weight is 486 g/mol. The first-order valence-corrected chi connectivity index (χ1v) is 11.3. The summed E-state index contributed by atoms with van der Waals surface area (Å²) in [5, 5.41) is 23.2. The van der Waals surface area contributed by atoms with Crippen LogP contribution >= 0.6 is 0 Å². The minimum atomic E-state index is -1.30. The van der Waals surface area contributed by atoms with Crippen molar-refractivity contribution in [3.8, 4) is 0 Å². The second-order valence-electron chi connectivity index (χ2n) is 8.18. The van der Waals surface area contributed by atoms with Crippen LogP contribution < -0.4 is 5.32 Å². The van der Waals surface area contributed by atoms with Crippen LogP contribution in [0.3, 0.4) is 0 Å². The number of benzene rings is 2. The summed E-state index contributed by atoms with van der Waals surface area (Å²) in [5.41, 5.74) is 1.73. The van der Waals surface area contributed by atoms with Gasteiger partial charge in [-0.1, -0.05) is 67.2 Å². The molecule has 188 valence electrons. The number of hydrogen-bond donors (Lipinski definition) is 3. The Morgan fingerprint density at radius 1 is 1.00 bits per heavy atom. The van der Waals surface area contributed by atoms with Gasteiger partial charge in [0.2, 0.25) is 5.91 Å². The lowest BCUT2D eigenvalue weighted by atomic mass is 9.96. The molecule has 0 radical (unpaired) electrons. The predicted molar refractivity (Wildman–Crippen MR) is 126 cm³/mol. The van der Waals surface area contributed by atoms with Crippen LogP contribution in [0.4, 0.5) is 0 Å². The summed E-state index contributed by atoms with van der Waals surface area (Å²) in [7, 11) is 0. The van der Waals surface area contributed by atoms with E-state index in [1.54, 1.807) is 0 Å². The first-order valence-electron chi connectivity index (χ1n) is 11.3. The molecule has 0 spiro atoms. The molecule has 2 aromatic carbocycles. The molecule has 1 heterocycles. The van der Waals surface area contributed by atoms with Crippen LogP contribution in [0.1, 0.15) is 18.1 Å². The third kappa shape index (κ3) is 7.71. The maximum absolute atomic E-state index is 12.4. The zero-order valence-corrected chi connectivity index (χ0v) is 19.5. The third-order valence-corrected chi connectivity index (χ3v) is 5.43. The number of carbonyl (C=O) groups is 2. The van der Waals surface area contributed by atoms with Gasteiger partial charge in [0.05, 0.1) is 25.4 Å². The Kier molecular flexibility index (Phi) is 9.95. The second kappa shape index (κ2) is 13.1. The monoisotopic (exact) mass is 485 g/mol. The molecule has 0 aromatic heterocycles. The SMILES string of the molecule is C=C(CO[C@@H]1[C@H](O)[C@H](CO)O[C@@H](OCc2ccccc2)[C@H]1NC(C)=O)C(=O)OCc1ccccc1. The molecule has 3 N–H and O–H groups in total. The van der Waals surface area contributed by atoms with Gasteiger partial charge in [0.1, 0.15) is 31.0 Å². The van der Waals surface area contributed by atoms with Gasteiger partial charge in [0, 0.05) is 6.92 Å². The van der Waals surface area contributed by atoms with E-state index in [-0.39, 0.29) is 25.4 Å². The number of hydrogen-bond acceptors (Lipinski definition) is 8. The Balaban J connectivity index is 1.65. The summed E-state index contributed by atoms with van der Waals surface area (Å²) in [4.78, 5) is 24.3. The maximum Gasteiger partial charge on any atom is 0.336 e. The van der Waals surface area contributed by atoms with Crippen molar-refractivity contribution in [2.24, 2.45) is 0 Å². The molecular formula is C26H31NO8. The van der Waals surface area contributed by atoms with E-state index < -0.39 is 49.1 Å². The zero-order valence-electron chi connectivity index (χ0n) is 19.5. The highest BCUT2D eigenvalue weighted by atomic mass is 16.7. The van der Waals surface area contributed by atoms with E-state index in [9.17, 15) is 19.8 Å². The number of esters is 1. The molecule has 0 unspecified atom stereocenters. The van der Waals surface area contributed by atoms with Gasteiger partial charge in [-0.25, -0.2) is 4.79 Å². The molecule has 35 heavy (non-hydrogen) atoms. The molecular weight excluding hydrogens is 454 g/mol. The highest BCUT2D eigenvalue weighted by molar-refractivity contribution is 5.87. The van der Waals surface area contributed by atoms with Crippen molar-refractivity contribution in [2.45, 2.75) is 50.8 Å². The largest absolute Gasteiger partial charge is 0.457 e. The number of rotatable bonds is 11. The fourth-order valence-corrected chi connectivity index (χ4v) is 3.63. The maximum atomic E-state index is 12.4. The van der Waals surface area contributed by atoms with Gasteiger partial charge in [-0.15, -0.1) is 0 Å². The topological polar surface area (TPSA) is 124 Å². The predicted octanol–water partition coefficient (Wildman–Crippen LogP) is 1.47. The van der Waals surface area contributed by atoms with Crippen LogP contribution in [-0.2, 0) is 41.8 Å². The average Bonchev–Trinajstić information content (AvgIpc) is 2.87. The number of aliphatic hydroxyl groups is 2. The van der Waals surface area contributed by atoms with Crippen LogP contribution in [0.2, 0.25) is 0 Å². The molecule has 5 atom stereocenters. The van der Waals surface area contributed by atoms with E-state index in [0.29, 0.717) is 0 Å². The van der Waals surface area contributed by atoms with Crippen molar-refractivity contribution in [1.82, 2.24) is 5.32 Å². The standard InChI is InChI=1S/C26H31NO8/c1-17(25(31)33-15-19-9-5-3-6-10-19)14-32-24-22(27-18(2)29)26(35-21(13-28)23(24)30)34-16-20-11-7-4-8-12-20/h3-12,21-24,26,28,30H,1,13-16H2,2H3,(H,27,29)/t21-,22-,23+,24-,26+/m0/s1. The number of nitrogens with one attached hydrogen (secondary N) is 1. The van der Waals surface area contributed by atoms with E-state index >= 15 is 0 Å². The molecule has 1 amide bonds. The van der Waals surface area contributed by atoms with Crippen molar-refractivity contribution >= 4 is 11.9 Å². The van der Waals surface area contributed by atoms with E-state index in [1.807, 2.05) is 60.7 Å². The molecule has 1 aliphatic heterocycles. The molecule has 9 heteroatoms. The summed E-state index contributed by atoms with van der Waals surface area (Å²) in [6.07, 6.45) is -4.40. The zero-order chi connectivity index (χ0) is 25.2. The fourth-order valence-electron chi connectivity index (χ4n) is 3.63. The molecule has 1 fully saturated rings. The van der Waals surface area contributed by atoms with Crippen molar-refractivity contribution in [3.63, 3.8) is 0 Å². The van der Waals surface area contributed by atoms with Gasteiger partial charge in [0.25, 0.3) is 0 Å².